The molecule has 1 aliphatic heterocycles. The van der Waals surface area contributed by atoms with E-state index in [0.29, 0.717) is 17.8 Å². The third-order valence-corrected chi connectivity index (χ3v) is 8.17. The number of hydrogen-bond acceptors (Lipinski definition) is 7. The molecule has 0 bridgehead atoms. The predicted molar refractivity (Wildman–Crippen MR) is 145 cm³/mol. The van der Waals surface area contributed by atoms with Gasteiger partial charge in [-0.25, -0.2) is 8.78 Å². The zero-order valence-corrected chi connectivity index (χ0v) is 23.0. The van der Waals surface area contributed by atoms with Crippen LogP contribution in [0.4, 0.5) is 20.5 Å². The fraction of sp³-hybridized carbons (Fsp3) is 0.500. The van der Waals surface area contributed by atoms with Gasteiger partial charge in [-0.1, -0.05) is 12.1 Å². The molecule has 3 aromatic rings. The number of anilines is 2. The number of rotatable bonds is 8. The molecular weight excluding hydrogens is 520 g/mol. The predicted octanol–water partition coefficient (Wildman–Crippen LogP) is 5.83. The van der Waals surface area contributed by atoms with Gasteiger partial charge in [-0.3, -0.25) is 9.59 Å². The number of benzene rings is 2. The van der Waals surface area contributed by atoms with Crippen LogP contribution in [-0.4, -0.2) is 53.7 Å². The van der Waals surface area contributed by atoms with Gasteiger partial charge in [-0.2, -0.15) is 4.98 Å². The van der Waals surface area contributed by atoms with E-state index in [1.54, 1.807) is 18.2 Å². The van der Waals surface area contributed by atoms with Crippen molar-refractivity contribution in [3.05, 3.63) is 53.1 Å². The van der Waals surface area contributed by atoms with Gasteiger partial charge >= 0.3 is 5.97 Å². The summed E-state index contributed by atoms with van der Waals surface area (Å²) in [4.78, 5) is 31.3. The van der Waals surface area contributed by atoms with Gasteiger partial charge in [-0.15, -0.1) is 0 Å². The summed E-state index contributed by atoms with van der Waals surface area (Å²) in [5.41, 5.74) is 1.71. The molecule has 1 aliphatic carbocycles. The van der Waals surface area contributed by atoms with Gasteiger partial charge in [0.1, 0.15) is 11.3 Å². The Labute approximate surface area is 232 Å². The molecule has 1 amide bonds. The molecule has 40 heavy (non-hydrogen) atoms. The summed E-state index contributed by atoms with van der Waals surface area (Å²) < 4.78 is 45.8. The van der Waals surface area contributed by atoms with Crippen molar-refractivity contribution in [1.29, 1.82) is 0 Å². The molecule has 1 aromatic heterocycles. The Balaban J connectivity index is 1.22. The number of oxazole rings is 1. The fourth-order valence-corrected chi connectivity index (χ4v) is 5.85. The first kappa shape index (κ1) is 28.0. The Morgan fingerprint density at radius 1 is 1.10 bits per heavy atom. The first-order valence-electron chi connectivity index (χ1n) is 13.8. The minimum atomic E-state index is -0.635. The van der Waals surface area contributed by atoms with E-state index in [1.807, 2.05) is 18.7 Å². The molecular formula is C30H35F2N3O5. The summed E-state index contributed by atoms with van der Waals surface area (Å²) >= 11 is 0. The van der Waals surface area contributed by atoms with Gasteiger partial charge < -0.3 is 24.1 Å². The number of nitrogens with one attached hydrogen (secondary N) is 1. The molecule has 0 unspecified atom stereocenters. The summed E-state index contributed by atoms with van der Waals surface area (Å²) in [5.74, 6) is -1.45. The number of aromatic nitrogens is 1. The van der Waals surface area contributed by atoms with Crippen LogP contribution in [0.25, 0.3) is 11.1 Å². The number of hydrogen-bond donors (Lipinski definition) is 1. The maximum atomic E-state index is 15.5. The Morgan fingerprint density at radius 3 is 2.62 bits per heavy atom. The molecule has 2 atom stereocenters. The fourth-order valence-electron chi connectivity index (χ4n) is 5.85. The molecule has 2 aliphatic rings. The molecule has 214 valence electrons. The van der Waals surface area contributed by atoms with Crippen molar-refractivity contribution < 1.29 is 32.3 Å². The monoisotopic (exact) mass is 555 g/mol. The summed E-state index contributed by atoms with van der Waals surface area (Å²) in [6.45, 7) is 4.23. The Kier molecular flexibility index (Phi) is 8.35. The molecule has 2 fully saturated rings. The quantitative estimate of drug-likeness (QED) is 0.350. The number of likely N-dealkylation sites (tertiary alicyclic amines) is 1. The number of aryl methyl sites for hydroxylation is 1. The maximum absolute atomic E-state index is 15.5. The van der Waals surface area contributed by atoms with E-state index in [1.165, 1.54) is 19.2 Å². The summed E-state index contributed by atoms with van der Waals surface area (Å²) in [7, 11) is 1.41. The maximum Gasteiger partial charge on any atom is 0.308 e. The molecule has 2 aromatic carbocycles. The molecule has 5 rings (SSSR count). The number of carbonyl (C=O) groups excluding carboxylic acids is 2. The van der Waals surface area contributed by atoms with Crippen molar-refractivity contribution in [2.45, 2.75) is 77.0 Å². The SMILES string of the molecule is COC(=O)[C@H]1CC[C@H](OC[C@@H]2CC[C@H](C)N2C(=O)Cc2ccc3nc(Nc4cc(F)ccc4C)oc3c2F)CC1. The number of ether oxygens (including phenoxy) is 2. The number of halogens is 2. The Bertz CT molecular complexity index is 1390. The lowest BCUT2D eigenvalue weighted by molar-refractivity contribution is -0.148. The first-order chi connectivity index (χ1) is 19.2. The lowest BCUT2D eigenvalue weighted by atomic mass is 9.87. The first-order valence-corrected chi connectivity index (χ1v) is 13.8. The molecule has 0 radical (unpaired) electrons. The Hall–Kier alpha value is -3.53. The van der Waals surface area contributed by atoms with Crippen LogP contribution in [0, 0.1) is 24.5 Å². The normalized spacial score (nSPS) is 23.0. The second-order valence-electron chi connectivity index (χ2n) is 10.9. The number of carbonyl (C=O) groups is 2. The van der Waals surface area contributed by atoms with E-state index in [4.69, 9.17) is 13.9 Å². The average Bonchev–Trinajstić information content (AvgIpc) is 3.54. The summed E-state index contributed by atoms with van der Waals surface area (Å²) in [6.07, 6.45) is 4.67. The smallest absolute Gasteiger partial charge is 0.308 e. The van der Waals surface area contributed by atoms with Crippen molar-refractivity contribution in [3.63, 3.8) is 0 Å². The third-order valence-electron chi connectivity index (χ3n) is 8.17. The number of methoxy groups -OCH3 is 1. The highest BCUT2D eigenvalue weighted by Crippen LogP contribution is 2.31. The minimum Gasteiger partial charge on any atom is -0.469 e. The number of fused-ring (bicyclic) bond motifs is 1. The van der Waals surface area contributed by atoms with Crippen molar-refractivity contribution in [3.8, 4) is 0 Å². The van der Waals surface area contributed by atoms with E-state index in [0.717, 1.165) is 44.1 Å². The van der Waals surface area contributed by atoms with Gasteiger partial charge in [0.25, 0.3) is 6.01 Å². The number of esters is 1. The van der Waals surface area contributed by atoms with Gasteiger partial charge in [-0.05, 0) is 76.1 Å². The highest BCUT2D eigenvalue weighted by atomic mass is 19.1. The minimum absolute atomic E-state index is 0.0264. The van der Waals surface area contributed by atoms with Crippen LogP contribution in [-0.2, 0) is 25.5 Å². The van der Waals surface area contributed by atoms with Crippen molar-refractivity contribution in [2.75, 3.05) is 19.0 Å². The van der Waals surface area contributed by atoms with Gasteiger partial charge in [0.15, 0.2) is 11.4 Å². The van der Waals surface area contributed by atoms with E-state index >= 15 is 4.39 Å². The lowest BCUT2D eigenvalue weighted by Crippen LogP contribution is -2.43. The molecule has 1 saturated heterocycles. The molecule has 8 nitrogen and oxygen atoms in total. The third kappa shape index (κ3) is 5.96. The second kappa shape index (κ2) is 11.9. The van der Waals surface area contributed by atoms with E-state index < -0.39 is 11.6 Å². The molecule has 0 spiro atoms. The standard InChI is InChI=1S/C30H35F2N3O5/c1-17-4-9-21(31)15-25(17)34-30-33-24-13-8-20(27(32)28(24)40-30)14-26(36)35-18(2)5-10-22(35)16-39-23-11-6-19(7-12-23)29(37)38-3/h4,8-9,13,15,18-19,22-23H,5-7,10-12,14,16H2,1-3H3,(H,33,34)/t18-,19-,22-,23-/m0/s1. The van der Waals surface area contributed by atoms with Gasteiger partial charge in [0, 0.05) is 17.3 Å². The lowest BCUT2D eigenvalue weighted by Gasteiger charge is -2.32. The molecule has 2 heterocycles. The van der Waals surface area contributed by atoms with Crippen molar-refractivity contribution in [2.24, 2.45) is 5.92 Å². The van der Waals surface area contributed by atoms with Crippen LogP contribution < -0.4 is 5.32 Å². The Morgan fingerprint density at radius 2 is 1.88 bits per heavy atom. The molecule has 1 N–H and O–H groups in total. The molecule has 10 heteroatoms. The van der Waals surface area contributed by atoms with Crippen LogP contribution >= 0.6 is 0 Å². The topological polar surface area (TPSA) is 93.9 Å². The van der Waals surface area contributed by atoms with Crippen LogP contribution in [0.1, 0.15) is 56.6 Å². The van der Waals surface area contributed by atoms with Crippen LogP contribution in [0.5, 0.6) is 0 Å². The highest BCUT2D eigenvalue weighted by molar-refractivity contribution is 5.83. The average molecular weight is 556 g/mol. The van der Waals surface area contributed by atoms with Crippen LogP contribution in [0.3, 0.4) is 0 Å². The van der Waals surface area contributed by atoms with E-state index in [9.17, 15) is 14.0 Å². The second-order valence-corrected chi connectivity index (χ2v) is 10.9. The molecule has 1 saturated carbocycles. The zero-order chi connectivity index (χ0) is 28.4. The summed E-state index contributed by atoms with van der Waals surface area (Å²) in [5, 5.41) is 2.90. The van der Waals surface area contributed by atoms with Crippen molar-refractivity contribution >= 4 is 34.7 Å². The largest absolute Gasteiger partial charge is 0.469 e. The number of nitrogens with zero attached hydrogens (tertiary/aromatic N) is 2. The highest BCUT2D eigenvalue weighted by Gasteiger charge is 2.36. The van der Waals surface area contributed by atoms with Crippen molar-refractivity contribution in [1.82, 2.24) is 9.88 Å². The summed E-state index contributed by atoms with van der Waals surface area (Å²) in [6, 6.07) is 7.45. The zero-order valence-electron chi connectivity index (χ0n) is 23.0. The van der Waals surface area contributed by atoms with Gasteiger partial charge in [0.2, 0.25) is 5.91 Å². The van der Waals surface area contributed by atoms with E-state index in [2.05, 4.69) is 10.3 Å². The van der Waals surface area contributed by atoms with Crippen LogP contribution in [0.2, 0.25) is 0 Å². The van der Waals surface area contributed by atoms with Crippen LogP contribution in [0.15, 0.2) is 34.7 Å². The van der Waals surface area contributed by atoms with Gasteiger partial charge in [0.05, 0.1) is 38.2 Å². The number of amides is 1. The van der Waals surface area contributed by atoms with E-state index in [-0.39, 0.29) is 59.6 Å².